The summed E-state index contributed by atoms with van der Waals surface area (Å²) in [5.41, 5.74) is 3.05. The van der Waals surface area contributed by atoms with Gasteiger partial charge in [0, 0.05) is 41.5 Å². The van der Waals surface area contributed by atoms with Gasteiger partial charge in [-0.1, -0.05) is 24.4 Å². The van der Waals surface area contributed by atoms with Crippen molar-refractivity contribution in [2.45, 2.75) is 69.5 Å². The van der Waals surface area contributed by atoms with Gasteiger partial charge in [0.05, 0.1) is 0 Å². The van der Waals surface area contributed by atoms with E-state index in [-0.39, 0.29) is 0 Å². The Morgan fingerprint density at radius 1 is 0.966 bits per heavy atom. The van der Waals surface area contributed by atoms with E-state index in [9.17, 15) is 0 Å². The van der Waals surface area contributed by atoms with Gasteiger partial charge >= 0.3 is 0 Å². The monoisotopic (exact) mass is 409 g/mol. The molecule has 3 aromatic heterocycles. The van der Waals surface area contributed by atoms with Gasteiger partial charge in [-0.05, 0) is 68.4 Å². The molecule has 5 nitrogen and oxygen atoms in total. The second-order valence-electron chi connectivity index (χ2n) is 8.51. The molecule has 0 radical (unpaired) electrons. The largest absolute Gasteiger partial charge is 0.367 e. The number of hydrogen-bond acceptors (Lipinski definition) is 4. The Morgan fingerprint density at radius 2 is 1.72 bits per heavy atom. The third-order valence-electron chi connectivity index (χ3n) is 6.46. The fourth-order valence-electron chi connectivity index (χ4n) is 4.96. The Labute approximate surface area is 176 Å². The van der Waals surface area contributed by atoms with Crippen LogP contribution in [0.5, 0.6) is 0 Å². The Bertz CT molecular complexity index is 970. The Hall–Kier alpha value is -2.11. The van der Waals surface area contributed by atoms with Gasteiger partial charge in [0.25, 0.3) is 0 Å². The summed E-state index contributed by atoms with van der Waals surface area (Å²) in [7, 11) is 0. The Balaban J connectivity index is 1.26. The summed E-state index contributed by atoms with van der Waals surface area (Å²) < 4.78 is 0. The van der Waals surface area contributed by atoms with Crippen molar-refractivity contribution in [2.24, 2.45) is 0 Å². The molecule has 3 N–H and O–H groups in total. The molecule has 0 amide bonds. The highest BCUT2D eigenvalue weighted by molar-refractivity contribution is 6.29. The van der Waals surface area contributed by atoms with Crippen molar-refractivity contribution in [3.05, 3.63) is 41.8 Å². The molecule has 0 spiro atoms. The fraction of sp³-hybridized carbons (Fsp3) is 0.478. The van der Waals surface area contributed by atoms with E-state index in [0.717, 1.165) is 34.0 Å². The van der Waals surface area contributed by atoms with Crippen LogP contribution in [0.1, 0.15) is 51.4 Å². The standard InChI is InChI=1S/C23H28ClN5/c24-21-12-15(20-14-26-23-19(20)6-3-11-25-23)13-22(29-21)28-18-9-7-17(8-10-18)27-16-4-1-2-5-16/h3,6,11-14,16-18,27H,1-2,4-5,7-10H2,(H,25,26)(H,28,29). The number of halogens is 1. The van der Waals surface area contributed by atoms with Crippen molar-refractivity contribution in [1.29, 1.82) is 0 Å². The molecule has 0 aliphatic heterocycles. The van der Waals surface area contributed by atoms with Crippen LogP contribution in [-0.4, -0.2) is 33.1 Å². The van der Waals surface area contributed by atoms with E-state index in [0.29, 0.717) is 17.2 Å². The van der Waals surface area contributed by atoms with Gasteiger partial charge in [-0.15, -0.1) is 0 Å². The summed E-state index contributed by atoms with van der Waals surface area (Å²) in [4.78, 5) is 12.2. The molecular formula is C23H28ClN5. The van der Waals surface area contributed by atoms with E-state index >= 15 is 0 Å². The molecule has 6 heteroatoms. The summed E-state index contributed by atoms with van der Waals surface area (Å²) in [5.74, 6) is 0.859. The van der Waals surface area contributed by atoms with Crippen LogP contribution in [0.25, 0.3) is 22.2 Å². The highest BCUT2D eigenvalue weighted by Gasteiger charge is 2.25. The molecule has 29 heavy (non-hydrogen) atoms. The highest BCUT2D eigenvalue weighted by Crippen LogP contribution is 2.32. The summed E-state index contributed by atoms with van der Waals surface area (Å²) in [6, 6.07) is 9.95. The first-order valence-corrected chi connectivity index (χ1v) is 11.2. The minimum Gasteiger partial charge on any atom is -0.367 e. The van der Waals surface area contributed by atoms with Crippen molar-refractivity contribution >= 4 is 28.5 Å². The van der Waals surface area contributed by atoms with Gasteiger partial charge in [0.1, 0.15) is 16.6 Å². The van der Waals surface area contributed by atoms with E-state index in [1.54, 1.807) is 6.20 Å². The summed E-state index contributed by atoms with van der Waals surface area (Å²) >= 11 is 6.37. The van der Waals surface area contributed by atoms with E-state index in [2.05, 4.69) is 37.7 Å². The summed E-state index contributed by atoms with van der Waals surface area (Å²) in [6.07, 6.45) is 14.1. The predicted molar refractivity (Wildman–Crippen MR) is 119 cm³/mol. The van der Waals surface area contributed by atoms with Gasteiger partial charge in [-0.2, -0.15) is 0 Å². The molecule has 0 unspecified atom stereocenters. The average Bonchev–Trinajstić information content (AvgIpc) is 3.39. The van der Waals surface area contributed by atoms with Gasteiger partial charge in [-0.25, -0.2) is 9.97 Å². The minimum atomic E-state index is 0.458. The third kappa shape index (κ3) is 4.26. The zero-order valence-corrected chi connectivity index (χ0v) is 17.4. The quantitative estimate of drug-likeness (QED) is 0.484. The van der Waals surface area contributed by atoms with Crippen molar-refractivity contribution in [3.63, 3.8) is 0 Å². The number of rotatable bonds is 5. The van der Waals surface area contributed by atoms with Crippen molar-refractivity contribution in [2.75, 3.05) is 5.32 Å². The van der Waals surface area contributed by atoms with E-state index in [1.807, 2.05) is 18.3 Å². The SMILES string of the molecule is Clc1cc(-c2c[nH]c3ncccc23)cc(NC2CCC(NC3CCCC3)CC2)n1. The summed E-state index contributed by atoms with van der Waals surface area (Å²) in [6.45, 7) is 0. The lowest BCUT2D eigenvalue weighted by atomic mass is 9.90. The second-order valence-corrected chi connectivity index (χ2v) is 8.89. The van der Waals surface area contributed by atoms with Gasteiger partial charge in [0.15, 0.2) is 0 Å². The molecule has 0 atom stereocenters. The van der Waals surface area contributed by atoms with E-state index in [4.69, 9.17) is 11.6 Å². The molecule has 0 aromatic carbocycles. The first-order chi connectivity index (χ1) is 14.2. The normalized spacial score (nSPS) is 22.9. The van der Waals surface area contributed by atoms with Crippen LogP contribution in [0.15, 0.2) is 36.7 Å². The lowest BCUT2D eigenvalue weighted by molar-refractivity contribution is 0.323. The molecule has 2 aliphatic carbocycles. The molecule has 3 heterocycles. The first kappa shape index (κ1) is 18.9. The zero-order valence-electron chi connectivity index (χ0n) is 16.6. The number of pyridine rings is 2. The number of fused-ring (bicyclic) bond motifs is 1. The van der Waals surface area contributed by atoms with Gasteiger partial charge < -0.3 is 15.6 Å². The number of nitrogens with one attached hydrogen (secondary N) is 3. The number of aromatic amines is 1. The fourth-order valence-corrected chi connectivity index (χ4v) is 5.17. The predicted octanol–water partition coefficient (Wildman–Crippen LogP) is 5.53. The molecule has 2 fully saturated rings. The van der Waals surface area contributed by atoms with Crippen LogP contribution in [0, 0.1) is 0 Å². The maximum absolute atomic E-state index is 6.37. The molecule has 5 rings (SSSR count). The first-order valence-electron chi connectivity index (χ1n) is 10.9. The number of nitrogens with zero attached hydrogens (tertiary/aromatic N) is 2. The van der Waals surface area contributed by atoms with E-state index < -0.39 is 0 Å². The topological polar surface area (TPSA) is 65.6 Å². The van der Waals surface area contributed by atoms with Crippen LogP contribution >= 0.6 is 11.6 Å². The van der Waals surface area contributed by atoms with Crippen LogP contribution in [0.2, 0.25) is 5.15 Å². The maximum Gasteiger partial charge on any atom is 0.137 e. The Kier molecular flexibility index (Phi) is 5.42. The molecule has 3 aromatic rings. The smallest absolute Gasteiger partial charge is 0.137 e. The second kappa shape index (κ2) is 8.33. The number of aromatic nitrogens is 3. The van der Waals surface area contributed by atoms with E-state index in [1.165, 1.54) is 51.4 Å². The lowest BCUT2D eigenvalue weighted by Crippen LogP contribution is -2.41. The molecule has 0 bridgehead atoms. The summed E-state index contributed by atoms with van der Waals surface area (Å²) in [5, 5.41) is 9.13. The zero-order chi connectivity index (χ0) is 19.6. The lowest BCUT2D eigenvalue weighted by Gasteiger charge is -2.32. The third-order valence-corrected chi connectivity index (χ3v) is 6.66. The average molecular weight is 410 g/mol. The number of H-pyrrole nitrogens is 1. The maximum atomic E-state index is 6.37. The number of hydrogen-bond donors (Lipinski definition) is 3. The molecule has 2 saturated carbocycles. The molecule has 0 saturated heterocycles. The van der Waals surface area contributed by atoms with Crippen LogP contribution < -0.4 is 10.6 Å². The van der Waals surface area contributed by atoms with Gasteiger partial charge in [0.2, 0.25) is 0 Å². The Morgan fingerprint density at radius 3 is 2.55 bits per heavy atom. The molecule has 2 aliphatic rings. The molecule has 152 valence electrons. The van der Waals surface area contributed by atoms with Crippen LogP contribution in [0.4, 0.5) is 5.82 Å². The van der Waals surface area contributed by atoms with Crippen LogP contribution in [-0.2, 0) is 0 Å². The van der Waals surface area contributed by atoms with Crippen molar-refractivity contribution < 1.29 is 0 Å². The van der Waals surface area contributed by atoms with Crippen molar-refractivity contribution in [3.8, 4) is 11.1 Å². The van der Waals surface area contributed by atoms with Gasteiger partial charge in [-0.3, -0.25) is 0 Å². The van der Waals surface area contributed by atoms with Crippen molar-refractivity contribution in [1.82, 2.24) is 20.3 Å². The molecular weight excluding hydrogens is 382 g/mol. The van der Waals surface area contributed by atoms with Crippen LogP contribution in [0.3, 0.4) is 0 Å². The minimum absolute atomic E-state index is 0.458. The highest BCUT2D eigenvalue weighted by atomic mass is 35.5. The number of anilines is 1.